The van der Waals surface area contributed by atoms with Gasteiger partial charge in [-0.3, -0.25) is 10.1 Å². The Hall–Kier alpha value is -2.31. The van der Waals surface area contributed by atoms with Crippen LogP contribution in [0.1, 0.15) is 17.3 Å². The lowest BCUT2D eigenvalue weighted by Gasteiger charge is -2.31. The van der Waals surface area contributed by atoms with Gasteiger partial charge in [0.15, 0.2) is 0 Å². The minimum absolute atomic E-state index is 0.101. The van der Waals surface area contributed by atoms with Crippen molar-refractivity contribution in [1.82, 2.24) is 0 Å². The van der Waals surface area contributed by atoms with E-state index in [1.54, 1.807) is 6.07 Å². The number of likely N-dealkylation sites (N-methyl/N-ethyl adjacent to an activating group) is 1. The van der Waals surface area contributed by atoms with E-state index in [9.17, 15) is 14.9 Å². The van der Waals surface area contributed by atoms with Crippen molar-refractivity contribution in [3.8, 4) is 0 Å². The lowest BCUT2D eigenvalue weighted by atomic mass is 10.1. The summed E-state index contributed by atoms with van der Waals surface area (Å²) in [4.78, 5) is 24.2. The summed E-state index contributed by atoms with van der Waals surface area (Å²) in [7, 11) is 1.25. The number of esters is 1. The number of nitrogens with zero attached hydrogens (tertiary/aromatic N) is 2. The molecule has 0 fully saturated rings. The van der Waals surface area contributed by atoms with Crippen molar-refractivity contribution in [2.24, 2.45) is 0 Å². The quantitative estimate of drug-likeness (QED) is 0.508. The highest BCUT2D eigenvalue weighted by atomic mass is 16.6. The van der Waals surface area contributed by atoms with Crippen LogP contribution in [0.25, 0.3) is 0 Å². The van der Waals surface area contributed by atoms with E-state index in [0.717, 1.165) is 13.1 Å². The SMILES string of the molecule is CCN1CCNc2c1cc(C(=O)OC)cc2[N+](=O)[O-]. The maximum absolute atomic E-state index is 11.6. The molecule has 0 radical (unpaired) electrons. The van der Waals surface area contributed by atoms with Gasteiger partial charge in [-0.05, 0) is 13.0 Å². The zero-order valence-corrected chi connectivity index (χ0v) is 10.8. The van der Waals surface area contributed by atoms with Gasteiger partial charge in [0.05, 0.1) is 23.3 Å². The molecule has 1 aromatic carbocycles. The van der Waals surface area contributed by atoms with Crippen LogP contribution in [-0.4, -0.2) is 37.6 Å². The van der Waals surface area contributed by atoms with Gasteiger partial charge in [-0.1, -0.05) is 0 Å². The molecule has 0 amide bonds. The fourth-order valence-electron chi connectivity index (χ4n) is 2.19. The topological polar surface area (TPSA) is 84.7 Å². The van der Waals surface area contributed by atoms with Crippen LogP contribution >= 0.6 is 0 Å². The highest BCUT2D eigenvalue weighted by molar-refractivity contribution is 5.95. The molecule has 7 heteroatoms. The van der Waals surface area contributed by atoms with Gasteiger partial charge in [-0.2, -0.15) is 0 Å². The summed E-state index contributed by atoms with van der Waals surface area (Å²) >= 11 is 0. The van der Waals surface area contributed by atoms with Gasteiger partial charge in [0.25, 0.3) is 5.69 Å². The number of nitro groups is 1. The zero-order chi connectivity index (χ0) is 14.0. The van der Waals surface area contributed by atoms with Crippen LogP contribution in [0.5, 0.6) is 0 Å². The molecular weight excluding hydrogens is 250 g/mol. The summed E-state index contributed by atoms with van der Waals surface area (Å²) in [6, 6.07) is 2.88. The van der Waals surface area contributed by atoms with E-state index in [1.807, 2.05) is 11.8 Å². The summed E-state index contributed by atoms with van der Waals surface area (Å²) in [5, 5.41) is 14.2. The first-order valence-corrected chi connectivity index (χ1v) is 5.98. The van der Waals surface area contributed by atoms with E-state index in [0.29, 0.717) is 17.9 Å². The number of carbonyl (C=O) groups excluding carboxylic acids is 1. The van der Waals surface area contributed by atoms with Crippen molar-refractivity contribution in [1.29, 1.82) is 0 Å². The molecule has 0 aromatic heterocycles. The summed E-state index contributed by atoms with van der Waals surface area (Å²) in [5.74, 6) is -0.576. The van der Waals surface area contributed by atoms with E-state index in [1.165, 1.54) is 13.2 Å². The predicted molar refractivity (Wildman–Crippen MR) is 70.8 cm³/mol. The fourth-order valence-corrected chi connectivity index (χ4v) is 2.19. The van der Waals surface area contributed by atoms with E-state index >= 15 is 0 Å². The van der Waals surface area contributed by atoms with Crippen LogP contribution in [0.15, 0.2) is 12.1 Å². The molecule has 0 saturated heterocycles. The third-order valence-corrected chi connectivity index (χ3v) is 3.12. The highest BCUT2D eigenvalue weighted by Crippen LogP contribution is 2.38. The molecule has 0 saturated carbocycles. The number of nitrogens with one attached hydrogen (secondary N) is 1. The molecule has 1 heterocycles. The van der Waals surface area contributed by atoms with Crippen LogP contribution in [0.3, 0.4) is 0 Å². The number of carbonyl (C=O) groups is 1. The van der Waals surface area contributed by atoms with Gasteiger partial charge >= 0.3 is 5.97 Å². The Morgan fingerprint density at radius 3 is 2.89 bits per heavy atom. The molecule has 102 valence electrons. The maximum Gasteiger partial charge on any atom is 0.338 e. The number of methoxy groups -OCH3 is 1. The Bertz CT molecular complexity index is 530. The van der Waals surface area contributed by atoms with Gasteiger partial charge in [-0.25, -0.2) is 4.79 Å². The number of hydrogen-bond acceptors (Lipinski definition) is 6. The smallest absolute Gasteiger partial charge is 0.338 e. The molecule has 1 aliphatic heterocycles. The van der Waals surface area contributed by atoms with Gasteiger partial charge in [0, 0.05) is 25.7 Å². The van der Waals surface area contributed by atoms with Crippen LogP contribution in [-0.2, 0) is 4.74 Å². The zero-order valence-electron chi connectivity index (χ0n) is 10.8. The molecule has 0 atom stereocenters. The number of benzene rings is 1. The third-order valence-electron chi connectivity index (χ3n) is 3.12. The molecule has 0 bridgehead atoms. The normalized spacial score (nSPS) is 13.5. The van der Waals surface area contributed by atoms with Crippen LogP contribution in [0.4, 0.5) is 17.1 Å². The van der Waals surface area contributed by atoms with Crippen LogP contribution in [0.2, 0.25) is 0 Å². The second kappa shape index (κ2) is 5.13. The Balaban J connectivity index is 2.61. The molecule has 1 N–H and O–H groups in total. The van der Waals surface area contributed by atoms with E-state index < -0.39 is 10.9 Å². The van der Waals surface area contributed by atoms with Crippen molar-refractivity contribution in [3.05, 3.63) is 27.8 Å². The van der Waals surface area contributed by atoms with Crippen molar-refractivity contribution in [2.75, 3.05) is 37.0 Å². The molecule has 0 spiro atoms. The standard InChI is InChI=1S/C12H15N3O4/c1-3-14-5-4-13-11-9(14)6-8(12(16)19-2)7-10(11)15(17)18/h6-7,13H,3-5H2,1-2H3. The average molecular weight is 265 g/mol. The Morgan fingerprint density at radius 1 is 1.58 bits per heavy atom. The largest absolute Gasteiger partial charge is 0.465 e. The second-order valence-corrected chi connectivity index (χ2v) is 4.14. The van der Waals surface area contributed by atoms with E-state index in [-0.39, 0.29) is 11.3 Å². The molecule has 0 aliphatic carbocycles. The van der Waals surface area contributed by atoms with Gasteiger partial charge in [0.2, 0.25) is 0 Å². The molecular formula is C12H15N3O4. The van der Waals surface area contributed by atoms with E-state index in [4.69, 9.17) is 0 Å². The van der Waals surface area contributed by atoms with Crippen molar-refractivity contribution in [2.45, 2.75) is 6.92 Å². The van der Waals surface area contributed by atoms with Gasteiger partial charge in [-0.15, -0.1) is 0 Å². The predicted octanol–water partition coefficient (Wildman–Crippen LogP) is 1.63. The lowest BCUT2D eigenvalue weighted by molar-refractivity contribution is -0.383. The van der Waals surface area contributed by atoms with Crippen LogP contribution in [0, 0.1) is 10.1 Å². The molecule has 7 nitrogen and oxygen atoms in total. The average Bonchev–Trinajstić information content (AvgIpc) is 2.44. The number of rotatable bonds is 3. The minimum atomic E-state index is -0.576. The van der Waals surface area contributed by atoms with Gasteiger partial charge in [0.1, 0.15) is 5.69 Å². The van der Waals surface area contributed by atoms with Crippen molar-refractivity contribution in [3.63, 3.8) is 0 Å². The number of nitro benzene ring substituents is 1. The lowest BCUT2D eigenvalue weighted by Crippen LogP contribution is -2.34. The first-order chi connectivity index (χ1) is 9.08. The molecule has 1 aliphatic rings. The molecule has 1 aromatic rings. The number of fused-ring (bicyclic) bond motifs is 1. The third kappa shape index (κ3) is 2.31. The molecule has 2 rings (SSSR count). The van der Waals surface area contributed by atoms with Crippen molar-refractivity contribution >= 4 is 23.0 Å². The maximum atomic E-state index is 11.6. The molecule has 0 unspecified atom stereocenters. The summed E-state index contributed by atoms with van der Waals surface area (Å²) in [5.41, 5.74) is 1.22. The first kappa shape index (κ1) is 13.1. The highest BCUT2D eigenvalue weighted by Gasteiger charge is 2.27. The van der Waals surface area contributed by atoms with Crippen molar-refractivity contribution < 1.29 is 14.5 Å². The van der Waals surface area contributed by atoms with E-state index in [2.05, 4.69) is 10.1 Å². The Kier molecular flexibility index (Phi) is 3.55. The second-order valence-electron chi connectivity index (χ2n) is 4.14. The number of ether oxygens (including phenoxy) is 1. The van der Waals surface area contributed by atoms with Crippen LogP contribution < -0.4 is 10.2 Å². The van der Waals surface area contributed by atoms with Gasteiger partial charge < -0.3 is 15.0 Å². The summed E-state index contributed by atoms with van der Waals surface area (Å²) < 4.78 is 4.63. The minimum Gasteiger partial charge on any atom is -0.465 e. The summed E-state index contributed by atoms with van der Waals surface area (Å²) in [6.45, 7) is 4.06. The monoisotopic (exact) mass is 265 g/mol. The first-order valence-electron chi connectivity index (χ1n) is 5.98. The molecule has 19 heavy (non-hydrogen) atoms. The fraction of sp³-hybridized carbons (Fsp3) is 0.417. The Morgan fingerprint density at radius 2 is 2.32 bits per heavy atom. The Labute approximate surface area is 110 Å². The summed E-state index contributed by atoms with van der Waals surface area (Å²) in [6.07, 6.45) is 0. The number of hydrogen-bond donors (Lipinski definition) is 1. The number of anilines is 2.